The van der Waals surface area contributed by atoms with Gasteiger partial charge in [0.2, 0.25) is 12.7 Å². The van der Waals surface area contributed by atoms with Gasteiger partial charge in [0.25, 0.3) is 0 Å². The van der Waals surface area contributed by atoms with Crippen molar-refractivity contribution in [3.63, 3.8) is 0 Å². The number of para-hydroxylation sites is 1. The minimum absolute atomic E-state index is 0.202. The molecule has 2 aromatic rings. The van der Waals surface area contributed by atoms with Gasteiger partial charge in [0.1, 0.15) is 0 Å². The fraction of sp³-hybridized carbons (Fsp3) is 0.111. The molecule has 3 rings (SSSR count). The summed E-state index contributed by atoms with van der Waals surface area (Å²) in [4.78, 5) is 23.8. The lowest BCUT2D eigenvalue weighted by Crippen LogP contribution is -2.12. The van der Waals surface area contributed by atoms with Crippen molar-refractivity contribution in [2.75, 3.05) is 19.2 Å². The van der Waals surface area contributed by atoms with Crippen LogP contribution in [0, 0.1) is 0 Å². The molecular weight excluding hydrogens is 310 g/mol. The number of fused-ring (bicyclic) bond motifs is 1. The molecule has 0 unspecified atom stereocenters. The molecule has 0 spiro atoms. The Balaban J connectivity index is 1.71. The number of carbonyl (C=O) groups is 2. The van der Waals surface area contributed by atoms with Crippen molar-refractivity contribution in [1.29, 1.82) is 0 Å². The van der Waals surface area contributed by atoms with Crippen LogP contribution in [0.3, 0.4) is 0 Å². The number of ether oxygens (including phenoxy) is 3. The summed E-state index contributed by atoms with van der Waals surface area (Å²) in [5.74, 6) is 0.465. The molecule has 24 heavy (non-hydrogen) atoms. The van der Waals surface area contributed by atoms with Crippen molar-refractivity contribution in [3.05, 3.63) is 59.7 Å². The first-order valence-electron chi connectivity index (χ1n) is 7.23. The molecule has 1 aliphatic heterocycles. The Morgan fingerprint density at radius 1 is 1.12 bits per heavy atom. The molecule has 2 aromatic carbocycles. The number of carbonyl (C=O) groups excluding carboxylic acids is 2. The van der Waals surface area contributed by atoms with Gasteiger partial charge in [-0.3, -0.25) is 4.79 Å². The third kappa shape index (κ3) is 3.38. The van der Waals surface area contributed by atoms with Crippen LogP contribution in [0.5, 0.6) is 11.5 Å². The molecule has 6 nitrogen and oxygen atoms in total. The van der Waals surface area contributed by atoms with Crippen LogP contribution in [-0.2, 0) is 9.53 Å². The van der Waals surface area contributed by atoms with Gasteiger partial charge in [-0.15, -0.1) is 0 Å². The lowest BCUT2D eigenvalue weighted by molar-refractivity contribution is -0.111. The summed E-state index contributed by atoms with van der Waals surface area (Å²) >= 11 is 0. The van der Waals surface area contributed by atoms with Crippen LogP contribution in [0.4, 0.5) is 5.69 Å². The van der Waals surface area contributed by atoms with E-state index < -0.39 is 5.97 Å². The lowest BCUT2D eigenvalue weighted by atomic mass is 10.1. The largest absolute Gasteiger partial charge is 0.465 e. The SMILES string of the molecule is COC(=O)c1ccccc1NC(=O)/C=C\c1ccc2c(c1)OCO2. The number of hydrogen-bond acceptors (Lipinski definition) is 5. The second kappa shape index (κ2) is 6.87. The first-order chi connectivity index (χ1) is 11.7. The first kappa shape index (κ1) is 15.6. The highest BCUT2D eigenvalue weighted by atomic mass is 16.7. The maximum Gasteiger partial charge on any atom is 0.339 e. The smallest absolute Gasteiger partial charge is 0.339 e. The average Bonchev–Trinajstić information content (AvgIpc) is 3.07. The number of rotatable bonds is 4. The Bertz CT molecular complexity index is 813. The maximum atomic E-state index is 12.1. The zero-order valence-corrected chi connectivity index (χ0v) is 12.9. The predicted molar refractivity (Wildman–Crippen MR) is 88.0 cm³/mol. The molecule has 1 N–H and O–H groups in total. The van der Waals surface area contributed by atoms with Gasteiger partial charge in [-0.05, 0) is 35.9 Å². The zero-order chi connectivity index (χ0) is 16.9. The molecule has 0 bridgehead atoms. The van der Waals surface area contributed by atoms with Crippen molar-refractivity contribution >= 4 is 23.6 Å². The normalized spacial score (nSPS) is 12.2. The summed E-state index contributed by atoms with van der Waals surface area (Å²) in [6.07, 6.45) is 3.03. The summed E-state index contributed by atoms with van der Waals surface area (Å²) in [6, 6.07) is 12.0. The van der Waals surface area contributed by atoms with E-state index in [9.17, 15) is 9.59 Å². The second-order valence-electron chi connectivity index (χ2n) is 4.97. The van der Waals surface area contributed by atoms with Gasteiger partial charge < -0.3 is 19.5 Å². The highest BCUT2D eigenvalue weighted by Crippen LogP contribution is 2.32. The van der Waals surface area contributed by atoms with Crippen LogP contribution in [0.25, 0.3) is 6.08 Å². The molecule has 0 aliphatic carbocycles. The van der Waals surface area contributed by atoms with Crippen LogP contribution in [-0.4, -0.2) is 25.8 Å². The molecule has 0 atom stereocenters. The Hall–Kier alpha value is -3.28. The standard InChI is InChI=1S/C18H15NO5/c1-22-18(21)13-4-2-3-5-14(13)19-17(20)9-7-12-6-8-15-16(10-12)24-11-23-15/h2-10H,11H2,1H3,(H,19,20)/b9-7-. The zero-order valence-electron chi connectivity index (χ0n) is 12.9. The van der Waals surface area contributed by atoms with E-state index in [1.165, 1.54) is 13.2 Å². The summed E-state index contributed by atoms with van der Waals surface area (Å²) in [5.41, 5.74) is 1.49. The van der Waals surface area contributed by atoms with Crippen LogP contribution in [0.2, 0.25) is 0 Å². The Labute approximate surface area is 138 Å². The van der Waals surface area contributed by atoms with Gasteiger partial charge in [-0.2, -0.15) is 0 Å². The number of esters is 1. The summed E-state index contributed by atoms with van der Waals surface area (Å²) < 4.78 is 15.2. The number of benzene rings is 2. The van der Waals surface area contributed by atoms with Crippen molar-refractivity contribution in [1.82, 2.24) is 0 Å². The van der Waals surface area contributed by atoms with Gasteiger partial charge in [-0.25, -0.2) is 4.79 Å². The topological polar surface area (TPSA) is 73.9 Å². The van der Waals surface area contributed by atoms with Gasteiger partial charge >= 0.3 is 5.97 Å². The highest BCUT2D eigenvalue weighted by molar-refractivity contribution is 6.06. The van der Waals surface area contributed by atoms with E-state index in [1.807, 2.05) is 6.07 Å². The summed E-state index contributed by atoms with van der Waals surface area (Å²) in [6.45, 7) is 0.202. The lowest BCUT2D eigenvalue weighted by Gasteiger charge is -2.07. The Kier molecular flexibility index (Phi) is 4.47. The second-order valence-corrected chi connectivity index (χ2v) is 4.97. The summed E-state index contributed by atoms with van der Waals surface area (Å²) in [5, 5.41) is 2.67. The molecule has 1 aliphatic rings. The number of anilines is 1. The third-order valence-corrected chi connectivity index (χ3v) is 3.41. The number of nitrogens with one attached hydrogen (secondary N) is 1. The van der Waals surface area contributed by atoms with E-state index in [1.54, 1.807) is 42.5 Å². The fourth-order valence-electron chi connectivity index (χ4n) is 2.24. The maximum absolute atomic E-state index is 12.1. The molecule has 0 saturated heterocycles. The number of amides is 1. The highest BCUT2D eigenvalue weighted by Gasteiger charge is 2.13. The van der Waals surface area contributed by atoms with E-state index in [4.69, 9.17) is 14.2 Å². The van der Waals surface area contributed by atoms with E-state index in [2.05, 4.69) is 5.32 Å². The minimum atomic E-state index is -0.509. The molecule has 1 amide bonds. The van der Waals surface area contributed by atoms with Gasteiger partial charge in [-0.1, -0.05) is 18.2 Å². The molecule has 1 heterocycles. The van der Waals surface area contributed by atoms with E-state index in [0.29, 0.717) is 22.7 Å². The van der Waals surface area contributed by atoms with Crippen LogP contribution in [0.1, 0.15) is 15.9 Å². The van der Waals surface area contributed by atoms with E-state index in [-0.39, 0.29) is 12.7 Å². The molecular formula is C18H15NO5. The van der Waals surface area contributed by atoms with Gasteiger partial charge in [0, 0.05) is 6.08 Å². The van der Waals surface area contributed by atoms with Gasteiger partial charge in [0.15, 0.2) is 11.5 Å². The van der Waals surface area contributed by atoms with Crippen LogP contribution in [0.15, 0.2) is 48.5 Å². The molecule has 0 fully saturated rings. The minimum Gasteiger partial charge on any atom is -0.465 e. The molecule has 6 heteroatoms. The fourth-order valence-corrected chi connectivity index (χ4v) is 2.24. The first-order valence-corrected chi connectivity index (χ1v) is 7.23. The molecule has 122 valence electrons. The van der Waals surface area contributed by atoms with Crippen molar-refractivity contribution in [2.45, 2.75) is 0 Å². The molecule has 0 radical (unpaired) electrons. The van der Waals surface area contributed by atoms with Crippen LogP contribution >= 0.6 is 0 Å². The molecule has 0 saturated carbocycles. The molecule has 0 aromatic heterocycles. The average molecular weight is 325 g/mol. The van der Waals surface area contributed by atoms with E-state index in [0.717, 1.165) is 5.56 Å². The monoisotopic (exact) mass is 325 g/mol. The summed E-state index contributed by atoms with van der Waals surface area (Å²) in [7, 11) is 1.29. The number of hydrogen-bond donors (Lipinski definition) is 1. The quantitative estimate of drug-likeness (QED) is 0.691. The van der Waals surface area contributed by atoms with Crippen molar-refractivity contribution < 1.29 is 23.8 Å². The van der Waals surface area contributed by atoms with E-state index >= 15 is 0 Å². The van der Waals surface area contributed by atoms with Crippen molar-refractivity contribution in [3.8, 4) is 11.5 Å². The Morgan fingerprint density at radius 3 is 2.75 bits per heavy atom. The Morgan fingerprint density at radius 2 is 1.92 bits per heavy atom. The number of methoxy groups -OCH3 is 1. The predicted octanol–water partition coefficient (Wildman–Crippen LogP) is 2.85. The van der Waals surface area contributed by atoms with Crippen LogP contribution < -0.4 is 14.8 Å². The van der Waals surface area contributed by atoms with Crippen molar-refractivity contribution in [2.24, 2.45) is 0 Å². The third-order valence-electron chi connectivity index (χ3n) is 3.41. The van der Waals surface area contributed by atoms with Gasteiger partial charge in [0.05, 0.1) is 18.4 Å².